The maximum atomic E-state index is 10.9. The van der Waals surface area contributed by atoms with Crippen LogP contribution in [0.3, 0.4) is 0 Å². The molecule has 124 valence electrons. The van der Waals surface area contributed by atoms with Crippen LogP contribution in [-0.4, -0.2) is 35.5 Å². The maximum absolute atomic E-state index is 10.9. The van der Waals surface area contributed by atoms with E-state index in [1.807, 2.05) is 18.2 Å². The van der Waals surface area contributed by atoms with Crippen molar-refractivity contribution in [2.75, 3.05) is 13.2 Å². The molecule has 0 bridgehead atoms. The summed E-state index contributed by atoms with van der Waals surface area (Å²) in [6, 6.07) is 9.81. The van der Waals surface area contributed by atoms with Crippen LogP contribution >= 0.6 is 11.6 Å². The highest BCUT2D eigenvalue weighted by Gasteiger charge is 2.20. The lowest BCUT2D eigenvalue weighted by Crippen LogP contribution is -2.31. The zero-order chi connectivity index (χ0) is 17.1. The van der Waals surface area contributed by atoms with Crippen molar-refractivity contribution in [1.82, 2.24) is 0 Å². The van der Waals surface area contributed by atoms with Gasteiger partial charge in [-0.15, -0.1) is 0 Å². The largest absolute Gasteiger partial charge is 0.502 e. The van der Waals surface area contributed by atoms with Crippen molar-refractivity contribution in [3.8, 4) is 17.2 Å². The number of nitrogens with zero attached hydrogens (tertiary/aromatic N) is 2. The van der Waals surface area contributed by atoms with Gasteiger partial charge in [0.2, 0.25) is 5.75 Å². The molecule has 1 aliphatic heterocycles. The summed E-state index contributed by atoms with van der Waals surface area (Å²) < 4.78 is 11.3. The molecule has 3 rings (SSSR count). The van der Waals surface area contributed by atoms with E-state index in [2.05, 4.69) is 4.99 Å². The number of hydrogen-bond donors (Lipinski definition) is 1. The highest BCUT2D eigenvalue weighted by Crippen LogP contribution is 2.33. The Morgan fingerprint density at radius 2 is 2.12 bits per heavy atom. The van der Waals surface area contributed by atoms with E-state index in [0.717, 1.165) is 6.07 Å². The number of rotatable bonds is 4. The van der Waals surface area contributed by atoms with Gasteiger partial charge in [0, 0.05) is 22.9 Å². The molecule has 1 unspecified atom stereocenters. The van der Waals surface area contributed by atoms with E-state index in [1.54, 1.807) is 6.07 Å². The molecule has 0 fully saturated rings. The van der Waals surface area contributed by atoms with Crippen molar-refractivity contribution >= 4 is 23.5 Å². The molecule has 0 saturated carbocycles. The topological polar surface area (TPSA) is 94.2 Å². The van der Waals surface area contributed by atoms with Crippen LogP contribution in [0.4, 0.5) is 5.69 Å². The van der Waals surface area contributed by atoms with Crippen molar-refractivity contribution in [2.24, 2.45) is 4.99 Å². The average molecular weight is 349 g/mol. The Labute approximate surface area is 142 Å². The highest BCUT2D eigenvalue weighted by atomic mass is 35.5. The lowest BCUT2D eigenvalue weighted by atomic mass is 10.2. The molecular weight excluding hydrogens is 336 g/mol. The summed E-state index contributed by atoms with van der Waals surface area (Å²) in [6.45, 7) is 0.615. The number of nitro groups is 1. The van der Waals surface area contributed by atoms with E-state index >= 15 is 0 Å². The minimum absolute atomic E-state index is 0.145. The number of phenolic OH excluding ortho intramolecular Hbond substituents is 1. The van der Waals surface area contributed by atoms with Crippen molar-refractivity contribution in [3.63, 3.8) is 0 Å². The molecule has 1 heterocycles. The Morgan fingerprint density at radius 1 is 1.38 bits per heavy atom. The van der Waals surface area contributed by atoms with Gasteiger partial charge in [0.1, 0.15) is 6.61 Å². The fourth-order valence-electron chi connectivity index (χ4n) is 2.26. The predicted octanol–water partition coefficient (Wildman–Crippen LogP) is 3.21. The molecule has 0 aromatic heterocycles. The third-order valence-corrected chi connectivity index (χ3v) is 3.61. The second-order valence-corrected chi connectivity index (χ2v) is 5.55. The third kappa shape index (κ3) is 3.41. The molecule has 1 atom stereocenters. The van der Waals surface area contributed by atoms with Gasteiger partial charge in [0.05, 0.1) is 11.5 Å². The molecule has 0 amide bonds. The summed E-state index contributed by atoms with van der Waals surface area (Å²) in [5.74, 6) is 0.852. The zero-order valence-corrected chi connectivity index (χ0v) is 13.1. The minimum Gasteiger partial charge on any atom is -0.502 e. The zero-order valence-electron chi connectivity index (χ0n) is 12.4. The number of para-hydroxylation sites is 2. The quantitative estimate of drug-likeness (QED) is 0.520. The third-order valence-electron chi connectivity index (χ3n) is 3.39. The Balaban J connectivity index is 1.71. The number of halogens is 1. The van der Waals surface area contributed by atoms with Crippen LogP contribution in [0, 0.1) is 10.1 Å². The first-order valence-corrected chi connectivity index (χ1v) is 7.47. The van der Waals surface area contributed by atoms with Crippen LogP contribution in [0.5, 0.6) is 17.2 Å². The highest BCUT2D eigenvalue weighted by molar-refractivity contribution is 6.31. The fraction of sp³-hybridized carbons (Fsp3) is 0.188. The SMILES string of the molecule is O=[N+]([O-])c1cc(Cl)cc(C=NCC2COc3ccccc3O2)c1O. The van der Waals surface area contributed by atoms with Gasteiger partial charge in [-0.3, -0.25) is 15.1 Å². The van der Waals surface area contributed by atoms with E-state index in [1.165, 1.54) is 12.3 Å². The van der Waals surface area contributed by atoms with Crippen LogP contribution in [0.25, 0.3) is 0 Å². The molecule has 0 aliphatic carbocycles. The first-order chi connectivity index (χ1) is 11.5. The number of benzene rings is 2. The van der Waals surface area contributed by atoms with Gasteiger partial charge in [-0.2, -0.15) is 0 Å². The molecule has 0 radical (unpaired) electrons. The smallest absolute Gasteiger partial charge is 0.312 e. The molecule has 1 N–H and O–H groups in total. The molecule has 1 aliphatic rings. The summed E-state index contributed by atoms with van der Waals surface area (Å²) in [7, 11) is 0. The second kappa shape index (κ2) is 6.76. The van der Waals surface area contributed by atoms with E-state index in [9.17, 15) is 15.2 Å². The molecule has 2 aromatic carbocycles. The number of aliphatic imine (C=N–C) groups is 1. The number of aromatic hydroxyl groups is 1. The summed E-state index contributed by atoms with van der Waals surface area (Å²) >= 11 is 5.83. The number of fused-ring (bicyclic) bond motifs is 1. The predicted molar refractivity (Wildman–Crippen MR) is 88.6 cm³/mol. The number of ether oxygens (including phenoxy) is 2. The first-order valence-electron chi connectivity index (χ1n) is 7.10. The number of phenols is 1. The Kier molecular flexibility index (Phi) is 4.52. The van der Waals surface area contributed by atoms with Gasteiger partial charge in [-0.05, 0) is 18.2 Å². The van der Waals surface area contributed by atoms with Crippen LogP contribution in [0.15, 0.2) is 41.4 Å². The Morgan fingerprint density at radius 3 is 2.88 bits per heavy atom. The summed E-state index contributed by atoms with van der Waals surface area (Å²) in [6.07, 6.45) is 1.05. The van der Waals surface area contributed by atoms with E-state index in [4.69, 9.17) is 21.1 Å². The Bertz CT molecular complexity index is 809. The van der Waals surface area contributed by atoms with Crippen LogP contribution in [-0.2, 0) is 0 Å². The first kappa shape index (κ1) is 16.1. The number of hydrogen-bond acceptors (Lipinski definition) is 6. The van der Waals surface area contributed by atoms with E-state index in [-0.39, 0.29) is 23.2 Å². The van der Waals surface area contributed by atoms with Crippen molar-refractivity contribution in [2.45, 2.75) is 6.10 Å². The molecule has 2 aromatic rings. The van der Waals surface area contributed by atoms with E-state index < -0.39 is 16.4 Å². The van der Waals surface area contributed by atoms with Gasteiger partial charge in [-0.1, -0.05) is 23.7 Å². The van der Waals surface area contributed by atoms with Crippen LogP contribution in [0.2, 0.25) is 5.02 Å². The monoisotopic (exact) mass is 348 g/mol. The maximum Gasteiger partial charge on any atom is 0.312 e. The molecule has 0 saturated heterocycles. The van der Waals surface area contributed by atoms with Crippen LogP contribution < -0.4 is 9.47 Å². The minimum atomic E-state index is -0.701. The lowest BCUT2D eigenvalue weighted by molar-refractivity contribution is -0.385. The summed E-state index contributed by atoms with van der Waals surface area (Å²) in [5, 5.41) is 20.9. The van der Waals surface area contributed by atoms with Crippen molar-refractivity contribution in [3.05, 3.63) is 57.1 Å². The number of nitro benzene ring substituents is 1. The van der Waals surface area contributed by atoms with Crippen LogP contribution in [0.1, 0.15) is 5.56 Å². The molecule has 24 heavy (non-hydrogen) atoms. The van der Waals surface area contributed by atoms with Gasteiger partial charge >= 0.3 is 5.69 Å². The second-order valence-electron chi connectivity index (χ2n) is 5.11. The van der Waals surface area contributed by atoms with Crippen molar-refractivity contribution < 1.29 is 19.5 Å². The Hall–Kier alpha value is -2.80. The normalized spacial score (nSPS) is 16.3. The standard InChI is InChI=1S/C16H13ClN2O5/c17-11-5-10(16(20)13(6-11)19(21)22)7-18-8-12-9-23-14-3-1-2-4-15(14)24-12/h1-7,12,20H,8-9H2. The molecule has 8 heteroatoms. The summed E-state index contributed by atoms with van der Waals surface area (Å²) in [5.41, 5.74) is -0.290. The fourth-order valence-corrected chi connectivity index (χ4v) is 2.49. The van der Waals surface area contributed by atoms with Gasteiger partial charge in [0.25, 0.3) is 0 Å². The summed E-state index contributed by atoms with van der Waals surface area (Å²) in [4.78, 5) is 14.3. The average Bonchev–Trinajstić information content (AvgIpc) is 2.57. The lowest BCUT2D eigenvalue weighted by Gasteiger charge is -2.25. The van der Waals surface area contributed by atoms with Crippen molar-refractivity contribution in [1.29, 1.82) is 0 Å². The van der Waals surface area contributed by atoms with Gasteiger partial charge in [-0.25, -0.2) is 0 Å². The van der Waals surface area contributed by atoms with E-state index in [0.29, 0.717) is 18.1 Å². The van der Waals surface area contributed by atoms with Gasteiger partial charge < -0.3 is 14.6 Å². The molecular formula is C16H13ClN2O5. The molecule has 0 spiro atoms. The molecule has 7 nitrogen and oxygen atoms in total. The van der Waals surface area contributed by atoms with Gasteiger partial charge in [0.15, 0.2) is 17.6 Å².